The summed E-state index contributed by atoms with van der Waals surface area (Å²) in [7, 11) is -3.89. The van der Waals surface area contributed by atoms with E-state index in [4.69, 9.17) is 0 Å². The van der Waals surface area contributed by atoms with Crippen LogP contribution in [0.2, 0.25) is 0 Å². The van der Waals surface area contributed by atoms with Gasteiger partial charge in [-0.25, -0.2) is 8.42 Å². The lowest BCUT2D eigenvalue weighted by molar-refractivity contribution is -0.124. The quantitative estimate of drug-likeness (QED) is 0.830. The van der Waals surface area contributed by atoms with Crippen molar-refractivity contribution in [3.05, 3.63) is 28.3 Å². The largest absolute Gasteiger partial charge is 0.392 e. The number of carbonyl (C=O) groups excluding carboxylic acids is 1. The van der Waals surface area contributed by atoms with Gasteiger partial charge in [-0.1, -0.05) is 13.0 Å². The normalized spacial score (nSPS) is 29.0. The Morgan fingerprint density at radius 1 is 1.15 bits per heavy atom. The molecule has 2 aliphatic rings. The van der Waals surface area contributed by atoms with E-state index >= 15 is 0 Å². The summed E-state index contributed by atoms with van der Waals surface area (Å²) in [5.74, 6) is 0.124. The predicted molar refractivity (Wildman–Crippen MR) is 99.4 cm³/mol. The van der Waals surface area contributed by atoms with Crippen molar-refractivity contribution in [3.8, 4) is 0 Å². The first-order chi connectivity index (χ1) is 12.0. The SMILES string of the molecule is Cc1cc(C)c(C)c(S(=O)(=O)N2C[C@H](O)C[C@H]2C(=O)N[C@@H]2C[C@H]2C)c1C. The second kappa shape index (κ2) is 6.62. The molecule has 1 heterocycles. The van der Waals surface area contributed by atoms with Crippen molar-refractivity contribution >= 4 is 15.9 Å². The molecule has 7 heteroatoms. The fraction of sp³-hybridized carbons (Fsp3) is 0.632. The Labute approximate surface area is 155 Å². The molecule has 0 bridgehead atoms. The number of carbonyl (C=O) groups is 1. The number of aryl methyl sites for hydroxylation is 2. The molecular weight excluding hydrogens is 352 g/mol. The van der Waals surface area contributed by atoms with E-state index in [1.165, 1.54) is 4.31 Å². The van der Waals surface area contributed by atoms with E-state index < -0.39 is 22.2 Å². The number of β-amino-alcohol motifs (C(OH)–C–C–N with tert-alkyl or cyclic N) is 1. The summed E-state index contributed by atoms with van der Waals surface area (Å²) in [6.07, 6.45) is 0.224. The zero-order valence-corrected chi connectivity index (χ0v) is 16.9. The third kappa shape index (κ3) is 3.28. The van der Waals surface area contributed by atoms with Crippen LogP contribution in [0.25, 0.3) is 0 Å². The van der Waals surface area contributed by atoms with Gasteiger partial charge in [-0.05, 0) is 62.3 Å². The highest BCUT2D eigenvalue weighted by Crippen LogP contribution is 2.34. The average molecular weight is 381 g/mol. The van der Waals surface area contributed by atoms with Crippen LogP contribution >= 0.6 is 0 Å². The summed E-state index contributed by atoms with van der Waals surface area (Å²) in [4.78, 5) is 12.9. The molecule has 3 rings (SSSR count). The van der Waals surface area contributed by atoms with Gasteiger partial charge >= 0.3 is 0 Å². The number of benzene rings is 1. The minimum Gasteiger partial charge on any atom is -0.392 e. The Kier molecular flexibility index (Phi) is 4.92. The van der Waals surface area contributed by atoms with Crippen LogP contribution in [-0.2, 0) is 14.8 Å². The molecule has 2 fully saturated rings. The number of rotatable bonds is 4. The van der Waals surface area contributed by atoms with Gasteiger partial charge in [-0.3, -0.25) is 4.79 Å². The van der Waals surface area contributed by atoms with Crippen molar-refractivity contribution < 1.29 is 18.3 Å². The maximum atomic E-state index is 13.4. The van der Waals surface area contributed by atoms with Crippen LogP contribution < -0.4 is 5.32 Å². The Morgan fingerprint density at radius 3 is 2.19 bits per heavy atom. The number of amides is 1. The Bertz CT molecular complexity index is 823. The summed E-state index contributed by atoms with van der Waals surface area (Å²) in [6, 6.07) is 1.23. The average Bonchev–Trinajstić information content (AvgIpc) is 3.06. The summed E-state index contributed by atoms with van der Waals surface area (Å²) in [5.41, 5.74) is 3.20. The second-order valence-corrected chi connectivity index (χ2v) is 9.72. The Hall–Kier alpha value is -1.44. The van der Waals surface area contributed by atoms with Crippen LogP contribution in [0.5, 0.6) is 0 Å². The monoisotopic (exact) mass is 380 g/mol. The Morgan fingerprint density at radius 2 is 1.69 bits per heavy atom. The smallest absolute Gasteiger partial charge is 0.244 e. The summed E-state index contributed by atoms with van der Waals surface area (Å²) < 4.78 is 28.1. The van der Waals surface area contributed by atoms with Crippen LogP contribution in [0, 0.1) is 33.6 Å². The Balaban J connectivity index is 1.99. The van der Waals surface area contributed by atoms with E-state index in [-0.39, 0.29) is 29.8 Å². The molecule has 1 saturated carbocycles. The van der Waals surface area contributed by atoms with Gasteiger partial charge in [0.15, 0.2) is 0 Å². The van der Waals surface area contributed by atoms with Crippen LogP contribution in [0.15, 0.2) is 11.0 Å². The van der Waals surface area contributed by atoms with E-state index in [1.807, 2.05) is 26.8 Å². The van der Waals surface area contributed by atoms with Crippen molar-refractivity contribution in [1.29, 1.82) is 0 Å². The van der Waals surface area contributed by atoms with E-state index in [9.17, 15) is 18.3 Å². The van der Waals surface area contributed by atoms with Gasteiger partial charge in [0, 0.05) is 19.0 Å². The third-order valence-corrected chi connectivity index (χ3v) is 7.99. The minimum absolute atomic E-state index is 0.0491. The maximum absolute atomic E-state index is 13.4. The zero-order chi connectivity index (χ0) is 19.4. The molecule has 0 radical (unpaired) electrons. The number of hydrogen-bond acceptors (Lipinski definition) is 4. The van der Waals surface area contributed by atoms with Crippen LogP contribution in [0.3, 0.4) is 0 Å². The van der Waals surface area contributed by atoms with Crippen LogP contribution in [0.1, 0.15) is 42.0 Å². The minimum atomic E-state index is -3.89. The van der Waals surface area contributed by atoms with Crippen molar-refractivity contribution in [2.75, 3.05) is 6.54 Å². The number of nitrogens with one attached hydrogen (secondary N) is 1. The first-order valence-electron chi connectivity index (χ1n) is 9.11. The maximum Gasteiger partial charge on any atom is 0.244 e. The number of aliphatic hydroxyl groups excluding tert-OH is 1. The number of aliphatic hydroxyl groups is 1. The molecule has 26 heavy (non-hydrogen) atoms. The highest BCUT2D eigenvalue weighted by molar-refractivity contribution is 7.89. The fourth-order valence-electron chi connectivity index (χ4n) is 3.78. The molecule has 1 aliphatic carbocycles. The molecular formula is C19H28N2O4S. The van der Waals surface area contributed by atoms with Gasteiger partial charge in [-0.15, -0.1) is 0 Å². The van der Waals surface area contributed by atoms with Crippen LogP contribution in [-0.4, -0.2) is 48.5 Å². The molecule has 0 spiro atoms. The molecule has 0 aromatic heterocycles. The predicted octanol–water partition coefficient (Wildman–Crippen LogP) is 1.57. The highest BCUT2D eigenvalue weighted by atomic mass is 32.2. The molecule has 144 valence electrons. The highest BCUT2D eigenvalue weighted by Gasteiger charge is 2.46. The standard InChI is InChI=1S/C19H28N2O4S/c1-10-6-11(2)14(5)18(13(10)4)26(24,25)21-9-15(22)8-17(21)19(23)20-16-7-12(16)3/h6,12,15-17,22H,7-9H2,1-5H3,(H,20,23)/t12-,15-,16-,17+/m1/s1. The van der Waals surface area contributed by atoms with Gasteiger partial charge in [0.1, 0.15) is 6.04 Å². The molecule has 0 unspecified atom stereocenters. The molecule has 2 N–H and O–H groups in total. The van der Waals surface area contributed by atoms with E-state index in [2.05, 4.69) is 5.32 Å². The van der Waals surface area contributed by atoms with Gasteiger partial charge in [0.05, 0.1) is 11.0 Å². The first-order valence-corrected chi connectivity index (χ1v) is 10.6. The number of sulfonamides is 1. The summed E-state index contributed by atoms with van der Waals surface area (Å²) in [6.45, 7) is 9.36. The van der Waals surface area contributed by atoms with Gasteiger partial charge < -0.3 is 10.4 Å². The first kappa shape index (κ1) is 19.3. The van der Waals surface area contributed by atoms with Gasteiger partial charge in [-0.2, -0.15) is 4.31 Å². The lowest BCUT2D eigenvalue weighted by Gasteiger charge is -2.26. The van der Waals surface area contributed by atoms with E-state index in [0.29, 0.717) is 17.0 Å². The molecule has 1 aromatic carbocycles. The molecule has 6 nitrogen and oxygen atoms in total. The molecule has 4 atom stereocenters. The van der Waals surface area contributed by atoms with Crippen LogP contribution in [0.4, 0.5) is 0 Å². The van der Waals surface area contributed by atoms with Gasteiger partial charge in [0.2, 0.25) is 15.9 Å². The summed E-state index contributed by atoms with van der Waals surface area (Å²) in [5, 5.41) is 13.0. The number of hydrogen-bond donors (Lipinski definition) is 2. The van der Waals surface area contributed by atoms with E-state index in [0.717, 1.165) is 17.5 Å². The third-order valence-electron chi connectivity index (χ3n) is 5.84. The van der Waals surface area contributed by atoms with Crippen molar-refractivity contribution in [2.45, 2.75) is 70.5 Å². The topological polar surface area (TPSA) is 86.7 Å². The second-order valence-electron chi connectivity index (χ2n) is 7.90. The van der Waals surface area contributed by atoms with E-state index in [1.54, 1.807) is 13.8 Å². The lowest BCUT2D eigenvalue weighted by atomic mass is 10.0. The van der Waals surface area contributed by atoms with Crippen molar-refractivity contribution in [3.63, 3.8) is 0 Å². The fourth-order valence-corrected chi connectivity index (χ4v) is 5.99. The summed E-state index contributed by atoms with van der Waals surface area (Å²) >= 11 is 0. The number of nitrogens with zero attached hydrogens (tertiary/aromatic N) is 1. The lowest BCUT2D eigenvalue weighted by Crippen LogP contribution is -2.47. The van der Waals surface area contributed by atoms with Crippen molar-refractivity contribution in [2.24, 2.45) is 5.92 Å². The van der Waals surface area contributed by atoms with Crippen molar-refractivity contribution in [1.82, 2.24) is 9.62 Å². The van der Waals surface area contributed by atoms with Gasteiger partial charge in [0.25, 0.3) is 0 Å². The molecule has 1 aromatic rings. The molecule has 1 amide bonds. The zero-order valence-electron chi connectivity index (χ0n) is 16.0. The molecule has 1 saturated heterocycles. The molecule has 1 aliphatic heterocycles.